The molecule has 0 aromatic carbocycles. The molecule has 23 heavy (non-hydrogen) atoms. The first-order valence-corrected chi connectivity index (χ1v) is 8.69. The molecule has 2 amide bonds. The molecule has 0 aliphatic carbocycles. The zero-order valence-corrected chi connectivity index (χ0v) is 14.7. The summed E-state index contributed by atoms with van der Waals surface area (Å²) < 4.78 is 0. The maximum absolute atomic E-state index is 11.9. The van der Waals surface area contributed by atoms with Crippen molar-refractivity contribution in [2.45, 2.75) is 58.3 Å². The number of carbonyl (C=O) groups excluding carboxylic acids is 2. The molecule has 0 aliphatic rings. The molecule has 0 aliphatic heterocycles. The first-order valence-electron chi connectivity index (χ1n) is 8.69. The van der Waals surface area contributed by atoms with E-state index >= 15 is 0 Å². The van der Waals surface area contributed by atoms with Gasteiger partial charge >= 0.3 is 6.03 Å². The van der Waals surface area contributed by atoms with Crippen molar-refractivity contribution in [3.63, 3.8) is 0 Å². The van der Waals surface area contributed by atoms with Crippen molar-refractivity contribution in [2.24, 2.45) is 9.98 Å². The monoisotopic (exact) mass is 324 g/mol. The average Bonchev–Trinajstić information content (AvgIpc) is 2.56. The molecule has 0 atom stereocenters. The fourth-order valence-electron chi connectivity index (χ4n) is 2.18. The summed E-state index contributed by atoms with van der Waals surface area (Å²) in [4.78, 5) is 31.2. The number of unbranched alkanes of at least 4 members (excludes halogenated alkanes) is 6. The van der Waals surface area contributed by atoms with Gasteiger partial charge in [0.2, 0.25) is 6.08 Å². The van der Waals surface area contributed by atoms with Crippen LogP contribution in [-0.2, 0) is 4.79 Å². The van der Waals surface area contributed by atoms with Crippen LogP contribution < -0.4 is 5.32 Å². The fourth-order valence-corrected chi connectivity index (χ4v) is 2.18. The van der Waals surface area contributed by atoms with Gasteiger partial charge in [-0.3, -0.25) is 4.99 Å². The second-order valence-corrected chi connectivity index (χ2v) is 5.62. The molecule has 0 unspecified atom stereocenters. The molecule has 0 spiro atoms. The van der Waals surface area contributed by atoms with E-state index in [0.717, 1.165) is 71.0 Å². The second-order valence-electron chi connectivity index (χ2n) is 5.62. The second kappa shape index (κ2) is 16.7. The van der Waals surface area contributed by atoms with Crippen molar-refractivity contribution in [2.75, 3.05) is 33.2 Å². The molecule has 0 saturated carbocycles. The molecule has 0 bridgehead atoms. The van der Waals surface area contributed by atoms with Gasteiger partial charge in [-0.25, -0.2) is 14.6 Å². The third kappa shape index (κ3) is 15.0. The molecule has 132 valence electrons. The van der Waals surface area contributed by atoms with Gasteiger partial charge < -0.3 is 10.2 Å². The van der Waals surface area contributed by atoms with E-state index in [1.54, 1.807) is 11.0 Å². The fraction of sp³-hybridized carbons (Fsp3) is 0.824. The van der Waals surface area contributed by atoms with E-state index < -0.39 is 0 Å². The topological polar surface area (TPSA) is 74.1 Å². The smallest absolute Gasteiger partial charge is 0.317 e. The Morgan fingerprint density at radius 2 is 1.70 bits per heavy atom. The lowest BCUT2D eigenvalue weighted by Gasteiger charge is -2.17. The lowest BCUT2D eigenvalue weighted by atomic mass is 10.2. The van der Waals surface area contributed by atoms with Crippen LogP contribution in [0, 0.1) is 0 Å². The summed E-state index contributed by atoms with van der Waals surface area (Å²) in [6.45, 7) is 4.91. The molecule has 0 aromatic heterocycles. The van der Waals surface area contributed by atoms with Crippen LogP contribution in [0.5, 0.6) is 0 Å². The molecule has 6 heteroatoms. The van der Waals surface area contributed by atoms with Crippen molar-refractivity contribution in [3.8, 4) is 0 Å². The van der Waals surface area contributed by atoms with Gasteiger partial charge in [-0.15, -0.1) is 0 Å². The minimum absolute atomic E-state index is 0.00568. The molecule has 0 heterocycles. The van der Waals surface area contributed by atoms with Gasteiger partial charge in [-0.05, 0) is 38.8 Å². The van der Waals surface area contributed by atoms with Gasteiger partial charge in [0.25, 0.3) is 0 Å². The van der Waals surface area contributed by atoms with Gasteiger partial charge in [-0.1, -0.05) is 25.7 Å². The lowest BCUT2D eigenvalue weighted by Crippen LogP contribution is -2.38. The highest BCUT2D eigenvalue weighted by atomic mass is 16.2. The van der Waals surface area contributed by atoms with Gasteiger partial charge in [0.15, 0.2) is 0 Å². The van der Waals surface area contributed by atoms with Crippen LogP contribution in [0.1, 0.15) is 58.3 Å². The number of carbonyl (C=O) groups is 1. The zero-order chi connectivity index (χ0) is 17.2. The highest BCUT2D eigenvalue weighted by Crippen LogP contribution is 2.02. The van der Waals surface area contributed by atoms with Gasteiger partial charge in [-0.2, -0.15) is 0 Å². The Morgan fingerprint density at radius 1 is 1.04 bits per heavy atom. The summed E-state index contributed by atoms with van der Waals surface area (Å²) >= 11 is 0. The summed E-state index contributed by atoms with van der Waals surface area (Å²) in [7, 11) is 1.83. The summed E-state index contributed by atoms with van der Waals surface area (Å²) in [6.07, 6.45) is 11.8. The molecule has 0 radical (unpaired) electrons. The maximum Gasteiger partial charge on any atom is 0.317 e. The Morgan fingerprint density at radius 3 is 2.39 bits per heavy atom. The number of nitrogens with one attached hydrogen (secondary N) is 1. The Hall–Kier alpha value is -1.68. The van der Waals surface area contributed by atoms with E-state index in [2.05, 4.69) is 15.3 Å². The van der Waals surface area contributed by atoms with E-state index in [4.69, 9.17) is 0 Å². The molecular weight excluding hydrogens is 292 g/mol. The molecule has 0 fully saturated rings. The number of amides is 2. The van der Waals surface area contributed by atoms with Gasteiger partial charge in [0.1, 0.15) is 0 Å². The standard InChI is InChI=1S/C17H32N4O2/c1-3-18-12-8-4-5-10-14-20-17(23)21(2)15-11-7-6-9-13-19-16-22/h3H,4-15H2,1-2H3,(H,20,23). The van der Waals surface area contributed by atoms with E-state index in [9.17, 15) is 9.59 Å². The van der Waals surface area contributed by atoms with E-state index in [-0.39, 0.29) is 6.03 Å². The van der Waals surface area contributed by atoms with Gasteiger partial charge in [0, 0.05) is 26.7 Å². The minimum Gasteiger partial charge on any atom is -0.338 e. The van der Waals surface area contributed by atoms with Crippen molar-refractivity contribution >= 4 is 18.3 Å². The molecule has 0 saturated heterocycles. The normalized spacial score (nSPS) is 10.5. The number of hydrogen-bond donors (Lipinski definition) is 1. The van der Waals surface area contributed by atoms with Crippen molar-refractivity contribution in [3.05, 3.63) is 0 Å². The minimum atomic E-state index is 0.00568. The Bertz CT molecular complexity index is 366. The molecular formula is C17H32N4O2. The summed E-state index contributed by atoms with van der Waals surface area (Å²) in [5.41, 5.74) is 0. The van der Waals surface area contributed by atoms with Crippen LogP contribution in [0.15, 0.2) is 9.98 Å². The van der Waals surface area contributed by atoms with Crippen LogP contribution in [-0.4, -0.2) is 56.5 Å². The van der Waals surface area contributed by atoms with Crippen molar-refractivity contribution in [1.82, 2.24) is 10.2 Å². The first-order chi connectivity index (χ1) is 11.2. The Labute approximate surface area is 140 Å². The quantitative estimate of drug-likeness (QED) is 0.303. The molecule has 1 N–H and O–H groups in total. The predicted molar refractivity (Wildman–Crippen MR) is 95.0 cm³/mol. The maximum atomic E-state index is 11.9. The lowest BCUT2D eigenvalue weighted by molar-refractivity contribution is 0.207. The molecule has 0 aromatic rings. The van der Waals surface area contributed by atoms with Crippen LogP contribution in [0.25, 0.3) is 0 Å². The number of isocyanates is 1. The third-order valence-corrected chi connectivity index (χ3v) is 3.60. The summed E-state index contributed by atoms with van der Waals surface area (Å²) in [5.74, 6) is 0. The predicted octanol–water partition coefficient (Wildman–Crippen LogP) is 3.18. The largest absolute Gasteiger partial charge is 0.338 e. The number of hydrogen-bond acceptors (Lipinski definition) is 4. The first kappa shape index (κ1) is 21.3. The van der Waals surface area contributed by atoms with E-state index in [0.29, 0.717) is 6.54 Å². The Kier molecular flexibility index (Phi) is 15.5. The van der Waals surface area contributed by atoms with Crippen LogP contribution >= 0.6 is 0 Å². The SMILES string of the molecule is CC=NCCCCCCNC(=O)N(C)CCCCCCN=C=O. The number of urea groups is 1. The van der Waals surface area contributed by atoms with E-state index in [1.165, 1.54) is 0 Å². The van der Waals surface area contributed by atoms with Crippen molar-refractivity contribution < 1.29 is 9.59 Å². The highest BCUT2D eigenvalue weighted by Gasteiger charge is 2.06. The molecule has 6 nitrogen and oxygen atoms in total. The van der Waals surface area contributed by atoms with Crippen LogP contribution in [0.4, 0.5) is 4.79 Å². The zero-order valence-electron chi connectivity index (χ0n) is 14.7. The number of rotatable bonds is 14. The highest BCUT2D eigenvalue weighted by molar-refractivity contribution is 5.73. The summed E-state index contributed by atoms with van der Waals surface area (Å²) in [6, 6.07) is 0.00568. The average molecular weight is 324 g/mol. The summed E-state index contributed by atoms with van der Waals surface area (Å²) in [5, 5.41) is 2.95. The van der Waals surface area contributed by atoms with Gasteiger partial charge in [0.05, 0.1) is 6.54 Å². The number of aliphatic imine (C=N–C) groups is 2. The van der Waals surface area contributed by atoms with Crippen molar-refractivity contribution in [1.29, 1.82) is 0 Å². The number of nitrogens with zero attached hydrogens (tertiary/aromatic N) is 3. The van der Waals surface area contributed by atoms with Crippen LogP contribution in [0.2, 0.25) is 0 Å². The van der Waals surface area contributed by atoms with E-state index in [1.807, 2.05) is 20.2 Å². The third-order valence-electron chi connectivity index (χ3n) is 3.60. The Balaban J connectivity index is 3.42. The van der Waals surface area contributed by atoms with Crippen LogP contribution in [0.3, 0.4) is 0 Å². The molecule has 0 rings (SSSR count).